The Balaban J connectivity index is 2.14. The van der Waals surface area contributed by atoms with Crippen LogP contribution >= 0.6 is 0 Å². The van der Waals surface area contributed by atoms with Gasteiger partial charge in [-0.05, 0) is 39.8 Å². The first-order valence-corrected chi connectivity index (χ1v) is 7.15. The largest absolute Gasteiger partial charge is 0.459 e. The number of benzene rings is 1. The quantitative estimate of drug-likeness (QED) is 0.800. The molecule has 0 saturated heterocycles. The van der Waals surface area contributed by atoms with E-state index in [-0.39, 0.29) is 18.3 Å². The summed E-state index contributed by atoms with van der Waals surface area (Å²) in [5, 5.41) is 3.72. The highest BCUT2D eigenvalue weighted by atomic mass is 16.6. The van der Waals surface area contributed by atoms with E-state index in [9.17, 15) is 9.59 Å². The van der Waals surface area contributed by atoms with Crippen LogP contribution in [0, 0.1) is 0 Å². The number of carbonyl (C=O) groups excluding carboxylic acids is 2. The molecule has 0 aliphatic rings. The van der Waals surface area contributed by atoms with Gasteiger partial charge in [0.1, 0.15) is 5.60 Å². The third-order valence-electron chi connectivity index (χ3n) is 2.65. The lowest BCUT2D eigenvalue weighted by molar-refractivity contribution is 0.00693. The van der Waals surface area contributed by atoms with Crippen LogP contribution in [0.15, 0.2) is 28.8 Å². The van der Waals surface area contributed by atoms with E-state index in [0.717, 1.165) is 0 Å². The van der Waals surface area contributed by atoms with Gasteiger partial charge in [0, 0.05) is 5.56 Å². The van der Waals surface area contributed by atoms with Crippen molar-refractivity contribution in [3.8, 4) is 11.4 Å². The Bertz CT molecular complexity index is 698. The summed E-state index contributed by atoms with van der Waals surface area (Å²) in [7, 11) is 0. The summed E-state index contributed by atoms with van der Waals surface area (Å²) in [5.74, 6) is -1.05. The molecule has 0 saturated carbocycles. The summed E-state index contributed by atoms with van der Waals surface area (Å²) in [6.07, 6.45) is 0. The molecule has 122 valence electrons. The van der Waals surface area contributed by atoms with Gasteiger partial charge >= 0.3 is 17.8 Å². The van der Waals surface area contributed by atoms with E-state index in [0.29, 0.717) is 11.1 Å². The molecule has 7 heteroatoms. The molecule has 0 bridgehead atoms. The Hall–Kier alpha value is -2.70. The highest BCUT2D eigenvalue weighted by molar-refractivity contribution is 5.90. The van der Waals surface area contributed by atoms with Crippen LogP contribution in [0.25, 0.3) is 11.4 Å². The maximum atomic E-state index is 11.9. The standard InChI is InChI=1S/C16H18N2O5/c1-5-21-15(20)13-17-12(18-23-13)10-6-8-11(9-7-10)14(19)22-16(2,3)4/h6-9H,5H2,1-4H3. The smallest absolute Gasteiger partial charge is 0.397 e. The monoisotopic (exact) mass is 318 g/mol. The molecule has 0 aliphatic carbocycles. The van der Waals surface area contributed by atoms with Crippen LogP contribution in [0.4, 0.5) is 0 Å². The van der Waals surface area contributed by atoms with Gasteiger partial charge in [-0.1, -0.05) is 17.3 Å². The topological polar surface area (TPSA) is 91.5 Å². The second-order valence-corrected chi connectivity index (χ2v) is 5.72. The first-order chi connectivity index (χ1) is 10.8. The third-order valence-corrected chi connectivity index (χ3v) is 2.65. The van der Waals surface area contributed by atoms with Crippen LogP contribution in [-0.2, 0) is 9.47 Å². The Morgan fingerprint density at radius 2 is 1.78 bits per heavy atom. The second-order valence-electron chi connectivity index (χ2n) is 5.72. The molecule has 0 fully saturated rings. The molecule has 0 spiro atoms. The number of aromatic nitrogens is 2. The van der Waals surface area contributed by atoms with Crippen molar-refractivity contribution in [1.82, 2.24) is 10.1 Å². The third kappa shape index (κ3) is 4.38. The Kier molecular flexibility index (Phi) is 4.78. The minimum atomic E-state index is -0.670. The van der Waals surface area contributed by atoms with E-state index in [1.165, 1.54) is 0 Å². The van der Waals surface area contributed by atoms with Crippen LogP contribution in [0.5, 0.6) is 0 Å². The lowest BCUT2D eigenvalue weighted by atomic mass is 10.1. The summed E-state index contributed by atoms with van der Waals surface area (Å²) < 4.78 is 14.9. The molecule has 7 nitrogen and oxygen atoms in total. The van der Waals surface area contributed by atoms with E-state index in [1.807, 2.05) is 0 Å². The van der Waals surface area contributed by atoms with Crippen molar-refractivity contribution in [3.63, 3.8) is 0 Å². The molecule has 0 aliphatic heterocycles. The molecule has 1 aromatic heterocycles. The van der Waals surface area contributed by atoms with Crippen LogP contribution in [0.3, 0.4) is 0 Å². The molecule has 0 atom stereocenters. The van der Waals surface area contributed by atoms with Crippen molar-refractivity contribution in [2.24, 2.45) is 0 Å². The van der Waals surface area contributed by atoms with Crippen molar-refractivity contribution < 1.29 is 23.6 Å². The lowest BCUT2D eigenvalue weighted by Gasteiger charge is -2.19. The number of esters is 2. The SMILES string of the molecule is CCOC(=O)c1nc(-c2ccc(C(=O)OC(C)(C)C)cc2)no1. The van der Waals surface area contributed by atoms with Crippen molar-refractivity contribution in [2.75, 3.05) is 6.61 Å². The molecular weight excluding hydrogens is 300 g/mol. The average Bonchev–Trinajstić information content (AvgIpc) is 2.96. The predicted molar refractivity (Wildman–Crippen MR) is 80.9 cm³/mol. The van der Waals surface area contributed by atoms with Crippen LogP contribution in [0.1, 0.15) is 48.7 Å². The summed E-state index contributed by atoms with van der Waals surface area (Å²) >= 11 is 0. The fourth-order valence-corrected chi connectivity index (χ4v) is 1.71. The summed E-state index contributed by atoms with van der Waals surface area (Å²) in [5.41, 5.74) is 0.465. The molecule has 0 unspecified atom stereocenters. The molecule has 23 heavy (non-hydrogen) atoms. The van der Waals surface area contributed by atoms with Gasteiger partial charge in [0.25, 0.3) is 0 Å². The highest BCUT2D eigenvalue weighted by Gasteiger charge is 2.19. The molecule has 0 radical (unpaired) electrons. The number of nitrogens with zero attached hydrogens (tertiary/aromatic N) is 2. The van der Waals surface area contributed by atoms with Gasteiger partial charge in [-0.15, -0.1) is 0 Å². The Morgan fingerprint density at radius 3 is 2.35 bits per heavy atom. The Morgan fingerprint density at radius 1 is 1.13 bits per heavy atom. The average molecular weight is 318 g/mol. The van der Waals surface area contributed by atoms with E-state index in [1.54, 1.807) is 52.0 Å². The van der Waals surface area contributed by atoms with Crippen molar-refractivity contribution in [2.45, 2.75) is 33.3 Å². The van der Waals surface area contributed by atoms with Crippen molar-refractivity contribution in [3.05, 3.63) is 35.7 Å². The zero-order chi connectivity index (χ0) is 17.0. The maximum absolute atomic E-state index is 11.9. The lowest BCUT2D eigenvalue weighted by Crippen LogP contribution is -2.23. The molecule has 2 aromatic rings. The van der Waals surface area contributed by atoms with E-state index >= 15 is 0 Å². The van der Waals surface area contributed by atoms with Crippen molar-refractivity contribution >= 4 is 11.9 Å². The number of hydrogen-bond acceptors (Lipinski definition) is 7. The highest BCUT2D eigenvalue weighted by Crippen LogP contribution is 2.18. The van der Waals surface area contributed by atoms with Gasteiger partial charge in [-0.2, -0.15) is 4.98 Å². The summed E-state index contributed by atoms with van der Waals surface area (Å²) in [4.78, 5) is 27.4. The zero-order valence-corrected chi connectivity index (χ0v) is 13.5. The van der Waals surface area contributed by atoms with Gasteiger partial charge in [0.2, 0.25) is 5.82 Å². The predicted octanol–water partition coefficient (Wildman–Crippen LogP) is 2.87. The van der Waals surface area contributed by atoms with Gasteiger partial charge in [-0.3, -0.25) is 0 Å². The second kappa shape index (κ2) is 6.60. The zero-order valence-electron chi connectivity index (χ0n) is 13.5. The normalized spacial score (nSPS) is 11.1. The minimum Gasteiger partial charge on any atom is -0.459 e. The van der Waals surface area contributed by atoms with Crippen LogP contribution < -0.4 is 0 Å². The Labute approximate surface area is 133 Å². The number of carbonyl (C=O) groups is 2. The minimum absolute atomic E-state index is 0.210. The summed E-state index contributed by atoms with van der Waals surface area (Å²) in [6.45, 7) is 7.31. The van der Waals surface area contributed by atoms with E-state index < -0.39 is 17.5 Å². The summed E-state index contributed by atoms with van der Waals surface area (Å²) in [6, 6.07) is 6.51. The fraction of sp³-hybridized carbons (Fsp3) is 0.375. The van der Waals surface area contributed by atoms with Gasteiger partial charge in [0.15, 0.2) is 0 Å². The van der Waals surface area contributed by atoms with Crippen molar-refractivity contribution in [1.29, 1.82) is 0 Å². The van der Waals surface area contributed by atoms with Crippen LogP contribution in [-0.4, -0.2) is 34.3 Å². The first-order valence-electron chi connectivity index (χ1n) is 7.15. The van der Waals surface area contributed by atoms with E-state index in [2.05, 4.69) is 10.1 Å². The van der Waals surface area contributed by atoms with E-state index in [4.69, 9.17) is 14.0 Å². The number of hydrogen-bond donors (Lipinski definition) is 0. The van der Waals surface area contributed by atoms with Gasteiger partial charge in [-0.25, -0.2) is 9.59 Å². The van der Waals surface area contributed by atoms with Gasteiger partial charge < -0.3 is 14.0 Å². The number of rotatable bonds is 4. The molecule has 1 aromatic carbocycles. The van der Waals surface area contributed by atoms with Crippen LogP contribution in [0.2, 0.25) is 0 Å². The molecule has 1 heterocycles. The molecule has 0 N–H and O–H groups in total. The first kappa shape index (κ1) is 16.7. The number of ether oxygens (including phenoxy) is 2. The fourth-order valence-electron chi connectivity index (χ4n) is 1.71. The maximum Gasteiger partial charge on any atom is 0.397 e. The molecule has 2 rings (SSSR count). The molecular formula is C16H18N2O5. The van der Waals surface area contributed by atoms with Gasteiger partial charge in [0.05, 0.1) is 12.2 Å². The molecule has 0 amide bonds.